The molecule has 2 heterocycles. The lowest BCUT2D eigenvalue weighted by atomic mass is 10.3. The van der Waals surface area contributed by atoms with Crippen LogP contribution < -0.4 is 4.90 Å². The van der Waals surface area contributed by atoms with Gasteiger partial charge in [0, 0.05) is 17.7 Å². The number of amides is 1. The Labute approximate surface area is 120 Å². The Morgan fingerprint density at radius 2 is 2.24 bits per heavy atom. The standard InChI is InChI=1S/C11H8Br2N2OS/c1-15(7-3-2-4-14-6-7)11(16)9-5-8(12)10(13)17-9/h2-6H,1H3. The van der Waals surface area contributed by atoms with Gasteiger partial charge in [0.15, 0.2) is 0 Å². The van der Waals surface area contributed by atoms with Crippen molar-refractivity contribution in [3.8, 4) is 0 Å². The summed E-state index contributed by atoms with van der Waals surface area (Å²) in [6, 6.07) is 5.46. The minimum atomic E-state index is -0.0469. The number of hydrogen-bond acceptors (Lipinski definition) is 3. The van der Waals surface area contributed by atoms with E-state index in [9.17, 15) is 4.79 Å². The molecule has 0 aliphatic heterocycles. The first kappa shape index (κ1) is 12.7. The molecule has 0 saturated carbocycles. The average Bonchev–Trinajstić information content (AvgIpc) is 2.69. The Morgan fingerprint density at radius 1 is 1.47 bits per heavy atom. The molecule has 6 heteroatoms. The van der Waals surface area contributed by atoms with Crippen molar-refractivity contribution >= 4 is 54.8 Å². The van der Waals surface area contributed by atoms with Crippen molar-refractivity contribution in [3.63, 3.8) is 0 Å². The summed E-state index contributed by atoms with van der Waals surface area (Å²) in [6.07, 6.45) is 3.34. The highest BCUT2D eigenvalue weighted by atomic mass is 79.9. The number of anilines is 1. The van der Waals surface area contributed by atoms with Crippen molar-refractivity contribution in [2.24, 2.45) is 0 Å². The van der Waals surface area contributed by atoms with Crippen LogP contribution in [0.1, 0.15) is 9.67 Å². The molecule has 3 nitrogen and oxygen atoms in total. The maximum Gasteiger partial charge on any atom is 0.268 e. The summed E-state index contributed by atoms with van der Waals surface area (Å²) in [4.78, 5) is 18.4. The molecule has 0 saturated heterocycles. The van der Waals surface area contributed by atoms with E-state index in [1.807, 2.05) is 12.1 Å². The zero-order valence-electron chi connectivity index (χ0n) is 8.85. The largest absolute Gasteiger partial charge is 0.309 e. The monoisotopic (exact) mass is 374 g/mol. The van der Waals surface area contributed by atoms with Gasteiger partial charge in [0.25, 0.3) is 5.91 Å². The third-order valence-electron chi connectivity index (χ3n) is 2.19. The quantitative estimate of drug-likeness (QED) is 0.796. The highest BCUT2D eigenvalue weighted by molar-refractivity contribution is 9.13. The Hall–Kier alpha value is -0.720. The SMILES string of the molecule is CN(C(=O)c1cc(Br)c(Br)s1)c1cccnc1. The molecule has 1 amide bonds. The topological polar surface area (TPSA) is 33.2 Å². The van der Waals surface area contributed by atoms with Crippen molar-refractivity contribution in [2.45, 2.75) is 0 Å². The van der Waals surface area contributed by atoms with Crippen LogP contribution in [0.25, 0.3) is 0 Å². The molecule has 0 unspecified atom stereocenters. The van der Waals surface area contributed by atoms with E-state index in [2.05, 4.69) is 36.8 Å². The highest BCUT2D eigenvalue weighted by Crippen LogP contribution is 2.33. The molecule has 0 atom stereocenters. The smallest absolute Gasteiger partial charge is 0.268 e. The van der Waals surface area contributed by atoms with E-state index < -0.39 is 0 Å². The van der Waals surface area contributed by atoms with E-state index in [1.165, 1.54) is 11.3 Å². The van der Waals surface area contributed by atoms with E-state index in [0.717, 1.165) is 13.9 Å². The Kier molecular flexibility index (Phi) is 3.96. The molecule has 2 aromatic rings. The lowest BCUT2D eigenvalue weighted by molar-refractivity contribution is 0.0997. The van der Waals surface area contributed by atoms with Gasteiger partial charge >= 0.3 is 0 Å². The van der Waals surface area contributed by atoms with Crippen molar-refractivity contribution < 1.29 is 4.79 Å². The van der Waals surface area contributed by atoms with Gasteiger partial charge < -0.3 is 4.90 Å². The van der Waals surface area contributed by atoms with Crippen LogP contribution in [0.4, 0.5) is 5.69 Å². The first-order chi connectivity index (χ1) is 8.09. The summed E-state index contributed by atoms with van der Waals surface area (Å²) in [5.41, 5.74) is 0.776. The summed E-state index contributed by atoms with van der Waals surface area (Å²) in [7, 11) is 1.74. The van der Waals surface area contributed by atoms with Gasteiger partial charge in [-0.1, -0.05) is 0 Å². The second kappa shape index (κ2) is 5.29. The molecule has 0 aliphatic rings. The van der Waals surface area contributed by atoms with Crippen LogP contribution in [0.2, 0.25) is 0 Å². The van der Waals surface area contributed by atoms with Crippen LogP contribution in [0.3, 0.4) is 0 Å². The minimum absolute atomic E-state index is 0.0469. The maximum atomic E-state index is 12.2. The molecule has 88 valence electrons. The molecule has 2 aromatic heterocycles. The predicted molar refractivity (Wildman–Crippen MR) is 76.7 cm³/mol. The van der Waals surface area contributed by atoms with Gasteiger partial charge in [-0.25, -0.2) is 0 Å². The number of thiophene rings is 1. The minimum Gasteiger partial charge on any atom is -0.309 e. The number of hydrogen-bond donors (Lipinski definition) is 0. The first-order valence-corrected chi connectivity index (χ1v) is 7.13. The molecule has 0 bridgehead atoms. The Bertz CT molecular complexity index is 522. The van der Waals surface area contributed by atoms with Gasteiger partial charge in [0.05, 0.1) is 20.5 Å². The average molecular weight is 376 g/mol. The molecular formula is C11H8Br2N2OS. The fourth-order valence-corrected chi connectivity index (χ4v) is 3.30. The molecular weight excluding hydrogens is 368 g/mol. The van der Waals surface area contributed by atoms with Crippen molar-refractivity contribution in [2.75, 3.05) is 11.9 Å². The van der Waals surface area contributed by atoms with Crippen LogP contribution in [0.15, 0.2) is 38.9 Å². The number of aromatic nitrogens is 1. The zero-order chi connectivity index (χ0) is 12.4. The fraction of sp³-hybridized carbons (Fsp3) is 0.0909. The number of halogens is 2. The fourth-order valence-electron chi connectivity index (χ4n) is 1.29. The third-order valence-corrected chi connectivity index (χ3v) is 5.44. The molecule has 2 rings (SSSR count). The predicted octanol–water partition coefficient (Wildman–Crippen LogP) is 3.94. The van der Waals surface area contributed by atoms with Crippen LogP contribution >= 0.6 is 43.2 Å². The van der Waals surface area contributed by atoms with Crippen molar-refractivity contribution in [1.82, 2.24) is 4.98 Å². The third kappa shape index (κ3) is 2.75. The second-order valence-corrected chi connectivity index (χ2v) is 6.53. The molecule has 0 aromatic carbocycles. The van der Waals surface area contributed by atoms with Crippen LogP contribution in [-0.2, 0) is 0 Å². The molecule has 0 radical (unpaired) electrons. The molecule has 17 heavy (non-hydrogen) atoms. The van der Waals surface area contributed by atoms with Crippen LogP contribution in [-0.4, -0.2) is 17.9 Å². The second-order valence-electron chi connectivity index (χ2n) is 3.31. The van der Waals surface area contributed by atoms with Gasteiger partial charge in [0.1, 0.15) is 0 Å². The van der Waals surface area contributed by atoms with E-state index in [1.54, 1.807) is 30.4 Å². The number of rotatable bonds is 2. The van der Waals surface area contributed by atoms with E-state index in [-0.39, 0.29) is 5.91 Å². The lowest BCUT2D eigenvalue weighted by Crippen LogP contribution is -2.25. The van der Waals surface area contributed by atoms with Gasteiger partial charge in [-0.15, -0.1) is 11.3 Å². The number of carbonyl (C=O) groups excluding carboxylic acids is 1. The molecule has 0 aliphatic carbocycles. The molecule has 0 N–H and O–H groups in total. The summed E-state index contributed by atoms with van der Waals surface area (Å²) in [6.45, 7) is 0. The lowest BCUT2D eigenvalue weighted by Gasteiger charge is -2.15. The number of nitrogens with zero attached hydrogens (tertiary/aromatic N) is 2. The molecule has 0 fully saturated rings. The summed E-state index contributed by atoms with van der Waals surface area (Å²) < 4.78 is 1.81. The summed E-state index contributed by atoms with van der Waals surface area (Å²) in [5.74, 6) is -0.0469. The van der Waals surface area contributed by atoms with Crippen molar-refractivity contribution in [1.29, 1.82) is 0 Å². The number of pyridine rings is 1. The summed E-state index contributed by atoms with van der Waals surface area (Å²) >= 11 is 8.15. The van der Waals surface area contributed by atoms with Gasteiger partial charge in [-0.05, 0) is 50.1 Å². The van der Waals surface area contributed by atoms with Crippen LogP contribution in [0, 0.1) is 0 Å². The first-order valence-electron chi connectivity index (χ1n) is 4.72. The van der Waals surface area contributed by atoms with E-state index >= 15 is 0 Å². The normalized spacial score (nSPS) is 10.3. The van der Waals surface area contributed by atoms with Gasteiger partial charge in [0.2, 0.25) is 0 Å². The zero-order valence-corrected chi connectivity index (χ0v) is 12.8. The number of carbonyl (C=O) groups is 1. The van der Waals surface area contributed by atoms with E-state index in [4.69, 9.17) is 0 Å². The van der Waals surface area contributed by atoms with Gasteiger partial charge in [-0.2, -0.15) is 0 Å². The Balaban J connectivity index is 2.26. The van der Waals surface area contributed by atoms with Gasteiger partial charge in [-0.3, -0.25) is 9.78 Å². The highest BCUT2D eigenvalue weighted by Gasteiger charge is 2.17. The maximum absolute atomic E-state index is 12.2. The van der Waals surface area contributed by atoms with Crippen molar-refractivity contribution in [3.05, 3.63) is 43.7 Å². The molecule has 0 spiro atoms. The summed E-state index contributed by atoms with van der Waals surface area (Å²) in [5, 5.41) is 0. The van der Waals surface area contributed by atoms with Crippen LogP contribution in [0.5, 0.6) is 0 Å². The van der Waals surface area contributed by atoms with E-state index in [0.29, 0.717) is 4.88 Å². The Morgan fingerprint density at radius 3 is 2.76 bits per heavy atom.